The summed E-state index contributed by atoms with van der Waals surface area (Å²) >= 11 is 0. The fourth-order valence-electron chi connectivity index (χ4n) is 5.36. The molecule has 3 heterocycles. The van der Waals surface area contributed by atoms with Gasteiger partial charge in [0.1, 0.15) is 61.9 Å². The van der Waals surface area contributed by atoms with Gasteiger partial charge in [0.2, 0.25) is 11.8 Å². The molecular formula is C32H47N5O17. The van der Waals surface area contributed by atoms with Gasteiger partial charge < -0.3 is 70.6 Å². The number of imide groups is 1. The number of carbonyl (C=O) groups excluding carboxylic acids is 5. The fourth-order valence-corrected chi connectivity index (χ4v) is 5.36. The van der Waals surface area contributed by atoms with Gasteiger partial charge in [0, 0.05) is 37.7 Å². The van der Waals surface area contributed by atoms with Crippen LogP contribution in [-0.2, 0) is 39.8 Å². The molecule has 3 unspecified atom stereocenters. The third kappa shape index (κ3) is 13.4. The molecule has 1 aromatic rings. The largest absolute Gasteiger partial charge is 0.481 e. The molecule has 0 saturated carbocycles. The smallest absolute Gasteiger partial charge is 0.414 e. The van der Waals surface area contributed by atoms with Crippen LogP contribution in [0.3, 0.4) is 0 Å². The summed E-state index contributed by atoms with van der Waals surface area (Å²) in [5, 5.41) is 79.6. The summed E-state index contributed by atoms with van der Waals surface area (Å²) in [4.78, 5) is 75.4. The molecule has 0 aliphatic carbocycles. The molecule has 0 radical (unpaired) electrons. The van der Waals surface area contributed by atoms with Crippen LogP contribution in [0.15, 0.2) is 18.3 Å². The number of nitrogens with zero attached hydrogens (tertiary/aromatic N) is 1. The average Bonchev–Trinajstić information content (AvgIpc) is 3.12. The zero-order chi connectivity index (χ0) is 39.9. The SMILES string of the molecule is CCCC(=O)N[C@H]1C(O)O[C@H](COC(=O)NC(=O)c2ccc(CCCC(=O)N[C@H]3C(O)O[C@H](COC(=O)NCCCC(=O)O)[C@@H](O)C3O)nc2)[C@@H](O)[C@@H]1O. The van der Waals surface area contributed by atoms with Crippen molar-refractivity contribution in [3.63, 3.8) is 0 Å². The number of nitrogens with one attached hydrogen (secondary N) is 4. The van der Waals surface area contributed by atoms with Crippen LogP contribution in [0.2, 0.25) is 0 Å². The number of ether oxygens (including phenoxy) is 4. The molecule has 54 heavy (non-hydrogen) atoms. The van der Waals surface area contributed by atoms with Crippen LogP contribution in [0.4, 0.5) is 9.59 Å². The molecule has 22 nitrogen and oxygen atoms in total. The van der Waals surface area contributed by atoms with Crippen LogP contribution in [0, 0.1) is 0 Å². The van der Waals surface area contributed by atoms with E-state index in [1.165, 1.54) is 18.3 Å². The summed E-state index contributed by atoms with van der Waals surface area (Å²) < 4.78 is 20.2. The third-order valence-electron chi connectivity index (χ3n) is 8.31. The number of amides is 5. The number of hydrogen-bond donors (Lipinski definition) is 11. The first-order valence-electron chi connectivity index (χ1n) is 17.1. The zero-order valence-electron chi connectivity index (χ0n) is 29.2. The number of aliphatic carboxylic acids is 1. The highest BCUT2D eigenvalue weighted by Gasteiger charge is 2.46. The number of carboxylic acid groups (broad SMARTS) is 1. The molecule has 3 rings (SSSR count). The molecular weight excluding hydrogens is 726 g/mol. The normalized spacial score (nSPS) is 27.9. The lowest BCUT2D eigenvalue weighted by molar-refractivity contribution is -0.253. The van der Waals surface area contributed by atoms with Gasteiger partial charge >= 0.3 is 18.2 Å². The van der Waals surface area contributed by atoms with Crippen molar-refractivity contribution in [1.29, 1.82) is 0 Å². The highest BCUT2D eigenvalue weighted by Crippen LogP contribution is 2.22. The summed E-state index contributed by atoms with van der Waals surface area (Å²) in [5.74, 6) is -2.99. The molecule has 302 valence electrons. The predicted octanol–water partition coefficient (Wildman–Crippen LogP) is -3.49. The van der Waals surface area contributed by atoms with Crippen molar-refractivity contribution < 1.29 is 83.5 Å². The van der Waals surface area contributed by atoms with Crippen LogP contribution in [0.25, 0.3) is 0 Å². The van der Waals surface area contributed by atoms with E-state index in [1.807, 2.05) is 5.32 Å². The number of alkyl carbamates (subject to hydrolysis) is 2. The molecule has 2 aliphatic heterocycles. The van der Waals surface area contributed by atoms with E-state index >= 15 is 0 Å². The van der Waals surface area contributed by atoms with Crippen molar-refractivity contribution in [2.45, 2.75) is 113 Å². The monoisotopic (exact) mass is 773 g/mol. The van der Waals surface area contributed by atoms with E-state index in [-0.39, 0.29) is 50.6 Å². The Morgan fingerprint density at radius 3 is 1.81 bits per heavy atom. The molecule has 0 aromatic carbocycles. The summed E-state index contributed by atoms with van der Waals surface area (Å²) in [5.41, 5.74) is 0.440. The molecule has 0 spiro atoms. The van der Waals surface area contributed by atoms with Crippen molar-refractivity contribution in [3.8, 4) is 0 Å². The maximum atomic E-state index is 12.5. The van der Waals surface area contributed by atoms with Gasteiger partial charge in [0.25, 0.3) is 5.91 Å². The number of hydrogen-bond acceptors (Lipinski definition) is 17. The summed E-state index contributed by atoms with van der Waals surface area (Å²) in [7, 11) is 0. The quantitative estimate of drug-likeness (QED) is 0.0684. The molecule has 5 amide bonds. The van der Waals surface area contributed by atoms with Crippen molar-refractivity contribution in [1.82, 2.24) is 26.3 Å². The minimum Gasteiger partial charge on any atom is -0.481 e. The second kappa shape index (κ2) is 21.4. The molecule has 10 atom stereocenters. The van der Waals surface area contributed by atoms with E-state index in [9.17, 15) is 59.4 Å². The number of aliphatic hydroxyl groups excluding tert-OH is 6. The molecule has 0 bridgehead atoms. The van der Waals surface area contributed by atoms with Gasteiger partial charge in [-0.2, -0.15) is 0 Å². The minimum absolute atomic E-state index is 0.0217. The molecule has 1 aromatic heterocycles. The maximum Gasteiger partial charge on any atom is 0.414 e. The van der Waals surface area contributed by atoms with Crippen molar-refractivity contribution in [3.05, 3.63) is 29.6 Å². The Morgan fingerprint density at radius 2 is 1.30 bits per heavy atom. The van der Waals surface area contributed by atoms with E-state index in [1.54, 1.807) is 6.92 Å². The van der Waals surface area contributed by atoms with Crippen molar-refractivity contribution in [2.24, 2.45) is 0 Å². The average molecular weight is 774 g/mol. The second-order valence-electron chi connectivity index (χ2n) is 12.5. The Bertz CT molecular complexity index is 1430. The van der Waals surface area contributed by atoms with Gasteiger partial charge in [-0.15, -0.1) is 0 Å². The Hall–Kier alpha value is -4.55. The Kier molecular flexibility index (Phi) is 17.4. The van der Waals surface area contributed by atoms with Crippen LogP contribution >= 0.6 is 0 Å². The van der Waals surface area contributed by atoms with E-state index in [0.717, 1.165) is 0 Å². The van der Waals surface area contributed by atoms with Gasteiger partial charge in [-0.05, 0) is 37.8 Å². The van der Waals surface area contributed by atoms with Gasteiger partial charge in [-0.3, -0.25) is 29.5 Å². The van der Waals surface area contributed by atoms with E-state index in [0.29, 0.717) is 12.1 Å². The Balaban J connectivity index is 1.36. The topological polar surface area (TPSA) is 342 Å². The minimum atomic E-state index is -1.76. The standard InChI is InChI=1S/C32H47N5O17/c1-2-5-19(38)35-22-26(44)25(43)18(54-29(22)47)14-52-32(50)37-28(46)15-9-10-16(34-12-15)6-3-7-20(39)36-23-27(45)24(42)17(53-30(23)48)13-51-31(49)33-11-4-8-21(40)41/h9-10,12,17-18,22-27,29-30,42-45,47-48H,2-8,11,13-14H2,1H3,(H,33,49)(H,35,38)(H,36,39)(H,40,41)(H,37,46,50)/t17-,18-,22-,23-,24-,25-,26-,27?,29?,30?/m1/s1. The number of aromatic nitrogens is 1. The van der Waals surface area contributed by atoms with Crippen LogP contribution in [0.1, 0.15) is 61.5 Å². The lowest BCUT2D eigenvalue weighted by Gasteiger charge is -2.40. The predicted molar refractivity (Wildman–Crippen MR) is 177 cm³/mol. The number of aliphatic hydroxyl groups is 6. The Labute approximate surface area is 308 Å². The summed E-state index contributed by atoms with van der Waals surface area (Å²) in [6.45, 7) is 0.567. The van der Waals surface area contributed by atoms with Crippen LogP contribution < -0.4 is 21.3 Å². The van der Waals surface area contributed by atoms with Crippen molar-refractivity contribution >= 4 is 35.9 Å². The molecule has 2 fully saturated rings. The molecule has 11 N–H and O–H groups in total. The number of carboxylic acids is 1. The first-order chi connectivity index (χ1) is 25.6. The summed E-state index contributed by atoms with van der Waals surface area (Å²) in [6, 6.07) is 0.103. The Morgan fingerprint density at radius 1 is 0.741 bits per heavy atom. The van der Waals surface area contributed by atoms with Gasteiger partial charge in [-0.25, -0.2) is 9.59 Å². The fraction of sp³-hybridized carbons (Fsp3) is 0.656. The van der Waals surface area contributed by atoms with Gasteiger partial charge in [-0.1, -0.05) is 6.92 Å². The number of pyridine rings is 1. The molecule has 22 heteroatoms. The first-order valence-corrected chi connectivity index (χ1v) is 17.1. The van der Waals surface area contributed by atoms with E-state index in [4.69, 9.17) is 24.1 Å². The van der Waals surface area contributed by atoms with Gasteiger partial charge in [0.15, 0.2) is 12.6 Å². The number of rotatable bonds is 17. The lowest BCUT2D eigenvalue weighted by Crippen LogP contribution is -2.64. The first kappa shape index (κ1) is 43.9. The maximum absolute atomic E-state index is 12.5. The molecule has 2 saturated heterocycles. The number of carbonyl (C=O) groups is 6. The zero-order valence-corrected chi connectivity index (χ0v) is 29.2. The van der Waals surface area contributed by atoms with Crippen LogP contribution in [0.5, 0.6) is 0 Å². The van der Waals surface area contributed by atoms with E-state index < -0.39 is 110 Å². The number of aryl methyl sites for hydroxylation is 1. The van der Waals surface area contributed by atoms with E-state index in [2.05, 4.69) is 20.9 Å². The van der Waals surface area contributed by atoms with Crippen molar-refractivity contribution in [2.75, 3.05) is 19.8 Å². The third-order valence-corrected chi connectivity index (χ3v) is 8.31. The highest BCUT2D eigenvalue weighted by molar-refractivity contribution is 6.02. The summed E-state index contributed by atoms with van der Waals surface area (Å²) in [6.07, 6.45) is -12.7. The highest BCUT2D eigenvalue weighted by atomic mass is 16.6. The van der Waals surface area contributed by atoms with Crippen LogP contribution in [-0.4, -0.2) is 158 Å². The molecule has 2 aliphatic rings. The lowest BCUT2D eigenvalue weighted by atomic mass is 9.97. The second-order valence-corrected chi connectivity index (χ2v) is 12.5. The van der Waals surface area contributed by atoms with Gasteiger partial charge in [0.05, 0.1) is 5.56 Å².